The molecule has 0 N–H and O–H groups in total. The summed E-state index contributed by atoms with van der Waals surface area (Å²) < 4.78 is 29.9. The van der Waals surface area contributed by atoms with Crippen molar-refractivity contribution in [2.75, 3.05) is 17.2 Å². The van der Waals surface area contributed by atoms with E-state index in [1.54, 1.807) is 17.0 Å². The first kappa shape index (κ1) is 20.1. The first-order valence-corrected chi connectivity index (χ1v) is 10.8. The average Bonchev–Trinajstić information content (AvgIpc) is 3.10. The van der Waals surface area contributed by atoms with Gasteiger partial charge in [0.25, 0.3) is 5.91 Å². The van der Waals surface area contributed by atoms with Crippen molar-refractivity contribution in [3.63, 3.8) is 0 Å². The van der Waals surface area contributed by atoms with Crippen molar-refractivity contribution in [2.24, 2.45) is 0 Å². The summed E-state index contributed by atoms with van der Waals surface area (Å²) in [5.41, 5.74) is 2.87. The number of sulfone groups is 1. The van der Waals surface area contributed by atoms with Gasteiger partial charge in [0.15, 0.2) is 15.9 Å². The molecule has 2 aromatic carbocycles. The van der Waals surface area contributed by atoms with E-state index >= 15 is 0 Å². The first-order valence-electron chi connectivity index (χ1n) is 9.16. The van der Waals surface area contributed by atoms with Crippen molar-refractivity contribution in [1.29, 1.82) is 0 Å². The third-order valence-corrected chi connectivity index (χ3v) is 6.50. The van der Waals surface area contributed by atoms with Crippen molar-refractivity contribution in [3.05, 3.63) is 59.7 Å². The largest absolute Gasteiger partial charge is 0.452 e. The maximum absolute atomic E-state index is 12.6. The van der Waals surface area contributed by atoms with Gasteiger partial charge in [0.2, 0.25) is 0 Å². The molecule has 1 heterocycles. The third-order valence-electron chi connectivity index (χ3n) is 4.76. The smallest absolute Gasteiger partial charge is 0.307 e. The van der Waals surface area contributed by atoms with E-state index in [-0.39, 0.29) is 23.0 Å². The Balaban J connectivity index is 1.56. The molecule has 0 spiro atoms. The van der Waals surface area contributed by atoms with Crippen LogP contribution in [0, 0.1) is 6.92 Å². The summed E-state index contributed by atoms with van der Waals surface area (Å²) in [7, 11) is -3.58. The van der Waals surface area contributed by atoms with Crippen molar-refractivity contribution in [1.82, 2.24) is 0 Å². The zero-order chi connectivity index (χ0) is 20.3. The number of carbonyl (C=O) groups excluding carboxylic acids is 2. The molecule has 6 nitrogen and oxygen atoms in total. The summed E-state index contributed by atoms with van der Waals surface area (Å²) in [5, 5.41) is 0. The number of anilines is 1. The molecule has 1 aliphatic rings. The zero-order valence-corrected chi connectivity index (χ0v) is 16.7. The zero-order valence-electron chi connectivity index (χ0n) is 15.9. The van der Waals surface area contributed by atoms with Crippen LogP contribution in [-0.2, 0) is 30.6 Å². The van der Waals surface area contributed by atoms with Gasteiger partial charge in [0.05, 0.1) is 17.1 Å². The molecule has 0 fully saturated rings. The molecule has 1 atom stereocenters. The molecule has 1 aliphatic heterocycles. The monoisotopic (exact) mass is 401 g/mol. The molecule has 7 heteroatoms. The van der Waals surface area contributed by atoms with Gasteiger partial charge in [-0.2, -0.15) is 0 Å². The van der Waals surface area contributed by atoms with E-state index in [0.29, 0.717) is 6.54 Å². The number of rotatable bonds is 6. The number of carbonyl (C=O) groups is 2. The van der Waals surface area contributed by atoms with E-state index < -0.39 is 21.9 Å². The van der Waals surface area contributed by atoms with Gasteiger partial charge >= 0.3 is 5.97 Å². The summed E-state index contributed by atoms with van der Waals surface area (Å²) in [6.45, 7) is 3.92. The van der Waals surface area contributed by atoms with Gasteiger partial charge in [0, 0.05) is 12.2 Å². The number of aryl methyl sites for hydroxylation is 1. The second kappa shape index (κ2) is 8.14. The fourth-order valence-corrected chi connectivity index (χ4v) is 4.40. The lowest BCUT2D eigenvalue weighted by Gasteiger charge is -2.21. The van der Waals surface area contributed by atoms with Crippen LogP contribution in [0.2, 0.25) is 0 Å². The average molecular weight is 401 g/mol. The van der Waals surface area contributed by atoms with Crippen molar-refractivity contribution in [3.8, 4) is 0 Å². The van der Waals surface area contributed by atoms with E-state index in [2.05, 4.69) is 0 Å². The van der Waals surface area contributed by atoms with Crippen LogP contribution < -0.4 is 4.90 Å². The molecule has 0 saturated carbocycles. The predicted octanol–water partition coefficient (Wildman–Crippen LogP) is 2.68. The van der Waals surface area contributed by atoms with Gasteiger partial charge in [0.1, 0.15) is 0 Å². The van der Waals surface area contributed by atoms with Gasteiger partial charge in [-0.3, -0.25) is 9.59 Å². The maximum Gasteiger partial charge on any atom is 0.307 e. The van der Waals surface area contributed by atoms with E-state index in [1.807, 2.05) is 31.2 Å². The molecule has 28 heavy (non-hydrogen) atoms. The van der Waals surface area contributed by atoms with Crippen LogP contribution in [0.4, 0.5) is 5.69 Å². The highest BCUT2D eigenvalue weighted by Gasteiger charge is 2.30. The van der Waals surface area contributed by atoms with Crippen LogP contribution in [0.5, 0.6) is 0 Å². The SMILES string of the molecule is Cc1ccc(S(=O)(=O)CCC(=O)O[C@H](C)C(=O)N2CCc3ccccc32)cc1. The maximum atomic E-state index is 12.6. The Labute approximate surface area is 165 Å². The number of para-hydroxylation sites is 1. The highest BCUT2D eigenvalue weighted by Crippen LogP contribution is 2.28. The molecule has 0 aliphatic carbocycles. The second-order valence-electron chi connectivity index (χ2n) is 6.88. The highest BCUT2D eigenvalue weighted by atomic mass is 32.2. The van der Waals surface area contributed by atoms with E-state index in [4.69, 9.17) is 4.74 Å². The van der Waals surface area contributed by atoms with Crippen LogP contribution in [0.25, 0.3) is 0 Å². The molecule has 3 rings (SSSR count). The topological polar surface area (TPSA) is 80.7 Å². The lowest BCUT2D eigenvalue weighted by Crippen LogP contribution is -2.39. The lowest BCUT2D eigenvalue weighted by molar-refractivity contribution is -0.153. The molecule has 1 amide bonds. The van der Waals surface area contributed by atoms with Gasteiger partial charge in [-0.25, -0.2) is 8.42 Å². The van der Waals surface area contributed by atoms with Crippen LogP contribution >= 0.6 is 0 Å². The molecule has 0 aromatic heterocycles. The van der Waals surface area contributed by atoms with Crippen LogP contribution in [0.15, 0.2) is 53.4 Å². The summed E-state index contributed by atoms with van der Waals surface area (Å²) >= 11 is 0. The van der Waals surface area contributed by atoms with E-state index in [0.717, 1.165) is 23.2 Å². The molecule has 0 bridgehead atoms. The molecule has 0 unspecified atom stereocenters. The van der Waals surface area contributed by atoms with Crippen LogP contribution in [-0.4, -0.2) is 38.7 Å². The Morgan fingerprint density at radius 3 is 2.50 bits per heavy atom. The number of esters is 1. The fraction of sp³-hybridized carbons (Fsp3) is 0.333. The van der Waals surface area contributed by atoms with Crippen LogP contribution in [0.3, 0.4) is 0 Å². The third kappa shape index (κ3) is 4.42. The van der Waals surface area contributed by atoms with E-state index in [9.17, 15) is 18.0 Å². The van der Waals surface area contributed by atoms with Crippen molar-refractivity contribution >= 4 is 27.4 Å². The minimum absolute atomic E-state index is 0.170. The Morgan fingerprint density at radius 2 is 1.79 bits per heavy atom. The fourth-order valence-electron chi connectivity index (χ4n) is 3.17. The summed E-state index contributed by atoms with van der Waals surface area (Å²) in [5.74, 6) is -1.37. The number of ether oxygens (including phenoxy) is 1. The van der Waals surface area contributed by atoms with Gasteiger partial charge < -0.3 is 9.64 Å². The second-order valence-corrected chi connectivity index (χ2v) is 8.99. The van der Waals surface area contributed by atoms with Crippen molar-refractivity contribution < 1.29 is 22.7 Å². The minimum Gasteiger partial charge on any atom is -0.452 e. The number of hydrogen-bond acceptors (Lipinski definition) is 5. The quantitative estimate of drug-likeness (QED) is 0.695. The molecule has 2 aromatic rings. The Kier molecular flexibility index (Phi) is 5.84. The van der Waals surface area contributed by atoms with Crippen molar-refractivity contribution in [2.45, 2.75) is 37.7 Å². The standard InChI is InChI=1S/C21H23NO5S/c1-15-7-9-18(10-8-15)28(25,26)14-12-20(23)27-16(2)21(24)22-13-11-17-5-3-4-6-19(17)22/h3-10,16H,11-14H2,1-2H3/t16-/m1/s1. The lowest BCUT2D eigenvalue weighted by atomic mass is 10.2. The highest BCUT2D eigenvalue weighted by molar-refractivity contribution is 7.91. The van der Waals surface area contributed by atoms with Crippen LogP contribution in [0.1, 0.15) is 24.5 Å². The Morgan fingerprint density at radius 1 is 1.11 bits per heavy atom. The number of hydrogen-bond donors (Lipinski definition) is 0. The summed E-state index contributed by atoms with van der Waals surface area (Å²) in [6, 6.07) is 14.1. The molecule has 148 valence electrons. The molecule has 0 saturated heterocycles. The number of benzene rings is 2. The van der Waals surface area contributed by atoms with Gasteiger partial charge in [-0.1, -0.05) is 35.9 Å². The summed E-state index contributed by atoms with van der Waals surface area (Å²) in [6.07, 6.45) is -0.511. The molecule has 0 radical (unpaired) electrons. The van der Waals surface area contributed by atoms with E-state index in [1.165, 1.54) is 19.1 Å². The molecular weight excluding hydrogens is 378 g/mol. The predicted molar refractivity (Wildman–Crippen MR) is 106 cm³/mol. The summed E-state index contributed by atoms with van der Waals surface area (Å²) in [4.78, 5) is 26.5. The first-order chi connectivity index (χ1) is 13.3. The Hall–Kier alpha value is -2.67. The minimum atomic E-state index is -3.58. The van der Waals surface area contributed by atoms with Gasteiger partial charge in [-0.15, -0.1) is 0 Å². The number of amides is 1. The number of fused-ring (bicyclic) bond motifs is 1. The molecular formula is C21H23NO5S. The number of nitrogens with zero attached hydrogens (tertiary/aromatic N) is 1. The normalized spacial score (nSPS) is 14.4. The Bertz CT molecular complexity index is 982. The van der Waals surface area contributed by atoms with Gasteiger partial charge in [-0.05, 0) is 44.0 Å².